The third-order valence-electron chi connectivity index (χ3n) is 3.79. The van der Waals surface area contributed by atoms with E-state index < -0.39 is 0 Å². The van der Waals surface area contributed by atoms with Gasteiger partial charge in [0, 0.05) is 17.2 Å². The Hall–Kier alpha value is -2.67. The van der Waals surface area contributed by atoms with Gasteiger partial charge in [-0.05, 0) is 53.2 Å². The second kappa shape index (κ2) is 9.32. The van der Waals surface area contributed by atoms with Gasteiger partial charge in [-0.2, -0.15) is 0 Å². The molecule has 0 amide bonds. The fourth-order valence-electron chi connectivity index (χ4n) is 2.51. The third-order valence-corrected chi connectivity index (χ3v) is 4.38. The molecule has 2 aromatic carbocycles. The van der Waals surface area contributed by atoms with Crippen LogP contribution in [0.1, 0.15) is 22.8 Å². The number of Topliss-reactive ketones (excluding diaryl/α,β-unsaturated/α-hetero) is 1. The minimum absolute atomic E-state index is 0.228. The van der Waals surface area contributed by atoms with Gasteiger partial charge in [-0.3, -0.25) is 4.79 Å². The van der Waals surface area contributed by atoms with E-state index in [1.165, 1.54) is 14.2 Å². The lowest BCUT2D eigenvalue weighted by Crippen LogP contribution is -2.03. The summed E-state index contributed by atoms with van der Waals surface area (Å²) in [4.78, 5) is 12.8. The molecule has 0 aliphatic rings. The van der Waals surface area contributed by atoms with Crippen LogP contribution < -0.4 is 24.7 Å². The summed E-state index contributed by atoms with van der Waals surface area (Å²) in [7, 11) is 4.62. The number of anilines is 1. The number of carbonyl (C=O) groups excluding carboxylic acids is 1. The summed E-state index contributed by atoms with van der Waals surface area (Å²) >= 11 is 3.35. The maximum absolute atomic E-state index is 12.8. The van der Waals surface area contributed by atoms with E-state index in [2.05, 4.69) is 15.9 Å². The number of methoxy groups -OCH3 is 3. The van der Waals surface area contributed by atoms with E-state index in [-0.39, 0.29) is 5.78 Å². The van der Waals surface area contributed by atoms with Gasteiger partial charge in [0.25, 0.3) is 0 Å². The van der Waals surface area contributed by atoms with Crippen molar-refractivity contribution in [1.29, 1.82) is 0 Å². The minimum atomic E-state index is -0.228. The summed E-state index contributed by atoms with van der Waals surface area (Å²) in [5, 5.41) is 0. The summed E-state index contributed by atoms with van der Waals surface area (Å²) < 4.78 is 21.8. The van der Waals surface area contributed by atoms with Crippen molar-refractivity contribution in [3.05, 3.63) is 45.9 Å². The lowest BCUT2D eigenvalue weighted by molar-refractivity contribution is 0.104. The first kappa shape index (κ1) is 20.6. The maximum Gasteiger partial charge on any atom is 0.200 e. The summed E-state index contributed by atoms with van der Waals surface area (Å²) in [6, 6.07) is 8.40. The number of nitrogen functional groups attached to an aromatic ring is 1. The van der Waals surface area contributed by atoms with Crippen LogP contribution in [0.2, 0.25) is 0 Å². The van der Waals surface area contributed by atoms with Crippen LogP contribution in [0.3, 0.4) is 0 Å². The second-order valence-electron chi connectivity index (χ2n) is 5.46. The van der Waals surface area contributed by atoms with Crippen molar-refractivity contribution in [3.8, 4) is 23.0 Å². The SMILES string of the molecule is CCOc1ccc(C(=O)/C(Br)=C\c2cc(OC)cc(OC)c2OC)cc1N. The smallest absolute Gasteiger partial charge is 0.200 e. The van der Waals surface area contributed by atoms with Crippen LogP contribution in [0.4, 0.5) is 5.69 Å². The Bertz CT molecular complexity index is 864. The first-order valence-electron chi connectivity index (χ1n) is 8.19. The molecule has 0 unspecified atom stereocenters. The monoisotopic (exact) mass is 435 g/mol. The van der Waals surface area contributed by atoms with Crippen molar-refractivity contribution in [3.63, 3.8) is 0 Å². The van der Waals surface area contributed by atoms with Crippen molar-refractivity contribution >= 4 is 33.5 Å². The van der Waals surface area contributed by atoms with Gasteiger partial charge in [0.15, 0.2) is 17.3 Å². The van der Waals surface area contributed by atoms with Crippen LogP contribution in [-0.2, 0) is 0 Å². The Kier molecular flexibility index (Phi) is 7.12. The number of hydrogen-bond donors (Lipinski definition) is 1. The Morgan fingerprint density at radius 3 is 2.37 bits per heavy atom. The van der Waals surface area contributed by atoms with Gasteiger partial charge in [0.05, 0.1) is 38.1 Å². The fraction of sp³-hybridized carbons (Fsp3) is 0.250. The molecule has 7 heteroatoms. The zero-order chi connectivity index (χ0) is 20.0. The van der Waals surface area contributed by atoms with Gasteiger partial charge in [0.1, 0.15) is 11.5 Å². The average molecular weight is 436 g/mol. The molecule has 0 aromatic heterocycles. The summed E-state index contributed by atoms with van der Waals surface area (Å²) in [6.45, 7) is 2.37. The molecule has 0 spiro atoms. The third kappa shape index (κ3) is 4.74. The summed E-state index contributed by atoms with van der Waals surface area (Å²) in [5.41, 5.74) is 7.43. The largest absolute Gasteiger partial charge is 0.497 e. The maximum atomic E-state index is 12.8. The molecule has 0 fully saturated rings. The van der Waals surface area contributed by atoms with Crippen LogP contribution in [-0.4, -0.2) is 33.7 Å². The fourth-order valence-corrected chi connectivity index (χ4v) is 2.98. The number of ketones is 1. The van der Waals surface area contributed by atoms with Crippen LogP contribution in [0, 0.1) is 0 Å². The summed E-state index contributed by atoms with van der Waals surface area (Å²) in [6.07, 6.45) is 1.65. The summed E-state index contributed by atoms with van der Waals surface area (Å²) in [5.74, 6) is 1.90. The molecular formula is C20H22BrNO5. The number of nitrogens with two attached hydrogens (primary N) is 1. The van der Waals surface area contributed by atoms with E-state index in [4.69, 9.17) is 24.7 Å². The van der Waals surface area contributed by atoms with Crippen LogP contribution in [0.15, 0.2) is 34.8 Å². The zero-order valence-corrected chi connectivity index (χ0v) is 17.3. The van der Waals surface area contributed by atoms with Gasteiger partial charge in [0.2, 0.25) is 0 Å². The highest BCUT2D eigenvalue weighted by Crippen LogP contribution is 2.37. The lowest BCUT2D eigenvalue weighted by Gasteiger charge is -2.13. The molecule has 27 heavy (non-hydrogen) atoms. The van der Waals surface area contributed by atoms with E-state index in [1.54, 1.807) is 43.5 Å². The first-order valence-corrected chi connectivity index (χ1v) is 8.98. The van der Waals surface area contributed by atoms with E-state index in [9.17, 15) is 4.79 Å². The Balaban J connectivity index is 2.42. The van der Waals surface area contributed by atoms with Crippen molar-refractivity contribution in [2.24, 2.45) is 0 Å². The number of allylic oxidation sites excluding steroid dienone is 1. The topological polar surface area (TPSA) is 80.0 Å². The van der Waals surface area contributed by atoms with E-state index in [0.717, 1.165) is 0 Å². The Morgan fingerprint density at radius 2 is 1.81 bits per heavy atom. The van der Waals surface area contributed by atoms with Crippen molar-refractivity contribution in [1.82, 2.24) is 0 Å². The first-order chi connectivity index (χ1) is 12.9. The van der Waals surface area contributed by atoms with E-state index in [0.29, 0.717) is 50.9 Å². The molecule has 6 nitrogen and oxygen atoms in total. The quantitative estimate of drug-likeness (QED) is 0.377. The van der Waals surface area contributed by atoms with Gasteiger partial charge in [-0.1, -0.05) is 0 Å². The molecule has 0 aliphatic carbocycles. The number of benzene rings is 2. The Labute approximate surface area is 167 Å². The van der Waals surface area contributed by atoms with Crippen LogP contribution >= 0.6 is 15.9 Å². The lowest BCUT2D eigenvalue weighted by atomic mass is 10.1. The number of halogens is 1. The predicted molar refractivity (Wildman–Crippen MR) is 109 cm³/mol. The minimum Gasteiger partial charge on any atom is -0.497 e. The molecule has 0 saturated heterocycles. The van der Waals surface area contributed by atoms with Crippen LogP contribution in [0.25, 0.3) is 6.08 Å². The molecular weight excluding hydrogens is 414 g/mol. The van der Waals surface area contributed by atoms with Crippen molar-refractivity contribution < 1.29 is 23.7 Å². The molecule has 2 rings (SSSR count). The molecule has 0 atom stereocenters. The molecule has 0 aliphatic heterocycles. The number of rotatable bonds is 8. The predicted octanol–water partition coefficient (Wildman–Crippen LogP) is 4.31. The van der Waals surface area contributed by atoms with Crippen LogP contribution in [0.5, 0.6) is 23.0 Å². The van der Waals surface area contributed by atoms with E-state index in [1.807, 2.05) is 6.92 Å². The average Bonchev–Trinajstić information content (AvgIpc) is 2.68. The van der Waals surface area contributed by atoms with Gasteiger partial charge in [-0.15, -0.1) is 0 Å². The molecule has 0 bridgehead atoms. The highest BCUT2D eigenvalue weighted by molar-refractivity contribution is 9.12. The molecule has 0 saturated carbocycles. The highest BCUT2D eigenvalue weighted by atomic mass is 79.9. The second-order valence-corrected chi connectivity index (χ2v) is 6.31. The van der Waals surface area contributed by atoms with Crippen molar-refractivity contribution in [2.45, 2.75) is 6.92 Å². The van der Waals surface area contributed by atoms with Gasteiger partial charge >= 0.3 is 0 Å². The molecule has 0 heterocycles. The molecule has 0 radical (unpaired) electrons. The molecule has 144 valence electrons. The number of hydrogen-bond acceptors (Lipinski definition) is 6. The number of ether oxygens (including phenoxy) is 4. The highest BCUT2D eigenvalue weighted by Gasteiger charge is 2.16. The van der Waals surface area contributed by atoms with E-state index >= 15 is 0 Å². The van der Waals surface area contributed by atoms with Gasteiger partial charge < -0.3 is 24.7 Å². The number of carbonyl (C=O) groups is 1. The molecule has 2 N–H and O–H groups in total. The van der Waals surface area contributed by atoms with Gasteiger partial charge in [-0.25, -0.2) is 0 Å². The van der Waals surface area contributed by atoms with Crippen molar-refractivity contribution in [2.75, 3.05) is 33.7 Å². The Morgan fingerprint density at radius 1 is 1.07 bits per heavy atom. The standard InChI is InChI=1S/C20H22BrNO5/c1-5-27-17-7-6-12(10-16(17)22)19(23)15(21)9-13-8-14(24-2)11-18(25-3)20(13)26-4/h6-11H,5,22H2,1-4H3/b15-9+. The normalized spacial score (nSPS) is 11.1. The zero-order valence-electron chi connectivity index (χ0n) is 15.7. The molecule has 2 aromatic rings.